The van der Waals surface area contributed by atoms with Crippen molar-refractivity contribution in [1.82, 2.24) is 0 Å². The van der Waals surface area contributed by atoms with E-state index in [2.05, 4.69) is 0 Å². The molecule has 0 heterocycles. The molecule has 0 amide bonds. The van der Waals surface area contributed by atoms with E-state index in [4.69, 9.17) is 15.3 Å². The van der Waals surface area contributed by atoms with Crippen LogP contribution in [-0.4, -0.2) is 17.2 Å². The van der Waals surface area contributed by atoms with Crippen LogP contribution in [0, 0.1) is 17.1 Å². The van der Waals surface area contributed by atoms with Crippen LogP contribution in [0.25, 0.3) is 6.08 Å². The standard InChI is InChI=1S/C9H7BFNO2/c11-9-6-8(10(13)14)4-3-7(9)2-1-5-12/h1-4,6,13-14H/b2-1+. The largest absolute Gasteiger partial charge is 0.488 e. The van der Waals surface area contributed by atoms with Crippen molar-refractivity contribution in [3.8, 4) is 6.07 Å². The van der Waals surface area contributed by atoms with E-state index >= 15 is 0 Å². The maximum atomic E-state index is 13.2. The van der Waals surface area contributed by atoms with E-state index < -0.39 is 12.9 Å². The SMILES string of the molecule is N#C/C=C/c1ccc(B(O)O)cc1F. The molecule has 1 rings (SSSR count). The fraction of sp³-hybridized carbons (Fsp3) is 0. The fourth-order valence-electron chi connectivity index (χ4n) is 0.966. The maximum Gasteiger partial charge on any atom is 0.488 e. The Bertz CT molecular complexity index is 398. The smallest absolute Gasteiger partial charge is 0.423 e. The summed E-state index contributed by atoms with van der Waals surface area (Å²) in [5.41, 5.74) is 0.313. The molecule has 0 radical (unpaired) electrons. The number of nitriles is 1. The average Bonchev–Trinajstić information content (AvgIpc) is 2.15. The first-order valence-corrected chi connectivity index (χ1v) is 3.87. The lowest BCUT2D eigenvalue weighted by molar-refractivity contribution is 0.425. The third kappa shape index (κ3) is 2.42. The molecular weight excluding hydrogens is 184 g/mol. The van der Waals surface area contributed by atoms with Crippen LogP contribution in [0.1, 0.15) is 5.56 Å². The van der Waals surface area contributed by atoms with Gasteiger partial charge in [-0.2, -0.15) is 5.26 Å². The summed E-state index contributed by atoms with van der Waals surface area (Å²) in [4.78, 5) is 0. The summed E-state index contributed by atoms with van der Waals surface area (Å²) in [6.07, 6.45) is 2.45. The summed E-state index contributed by atoms with van der Waals surface area (Å²) in [6, 6.07) is 5.50. The molecule has 0 fully saturated rings. The number of hydrogen-bond acceptors (Lipinski definition) is 3. The first-order chi connectivity index (χ1) is 6.65. The summed E-state index contributed by atoms with van der Waals surface area (Å²) in [6.45, 7) is 0. The Labute approximate surface area is 80.9 Å². The van der Waals surface area contributed by atoms with E-state index in [-0.39, 0.29) is 11.0 Å². The van der Waals surface area contributed by atoms with Crippen LogP contribution < -0.4 is 5.46 Å². The lowest BCUT2D eigenvalue weighted by atomic mass is 9.80. The highest BCUT2D eigenvalue weighted by atomic mass is 19.1. The monoisotopic (exact) mass is 191 g/mol. The molecule has 0 atom stereocenters. The van der Waals surface area contributed by atoms with Crippen LogP contribution in [0.2, 0.25) is 0 Å². The molecule has 70 valence electrons. The highest BCUT2D eigenvalue weighted by Crippen LogP contribution is 2.06. The molecule has 0 saturated heterocycles. The van der Waals surface area contributed by atoms with Crippen LogP contribution in [0.5, 0.6) is 0 Å². The van der Waals surface area contributed by atoms with Gasteiger partial charge in [0.25, 0.3) is 0 Å². The zero-order valence-electron chi connectivity index (χ0n) is 7.18. The van der Waals surface area contributed by atoms with Crippen molar-refractivity contribution < 1.29 is 14.4 Å². The normalized spacial score (nSPS) is 10.1. The molecule has 0 bridgehead atoms. The van der Waals surface area contributed by atoms with E-state index in [1.807, 2.05) is 0 Å². The number of benzene rings is 1. The second kappa shape index (κ2) is 4.56. The molecule has 3 nitrogen and oxygen atoms in total. The predicted molar refractivity (Wildman–Crippen MR) is 50.9 cm³/mol. The summed E-state index contributed by atoms with van der Waals surface area (Å²) in [5.74, 6) is -0.595. The van der Waals surface area contributed by atoms with Crippen molar-refractivity contribution in [2.45, 2.75) is 0 Å². The van der Waals surface area contributed by atoms with Crippen LogP contribution in [0.15, 0.2) is 24.3 Å². The van der Waals surface area contributed by atoms with Crippen molar-refractivity contribution in [1.29, 1.82) is 5.26 Å². The van der Waals surface area contributed by atoms with Gasteiger partial charge in [-0.15, -0.1) is 0 Å². The zero-order valence-corrected chi connectivity index (χ0v) is 7.18. The molecular formula is C9H7BFNO2. The van der Waals surface area contributed by atoms with Crippen LogP contribution in [0.4, 0.5) is 4.39 Å². The van der Waals surface area contributed by atoms with Crippen LogP contribution >= 0.6 is 0 Å². The van der Waals surface area contributed by atoms with Gasteiger partial charge in [0.2, 0.25) is 0 Å². The topological polar surface area (TPSA) is 64.2 Å². The van der Waals surface area contributed by atoms with Gasteiger partial charge in [-0.1, -0.05) is 12.1 Å². The molecule has 1 aromatic carbocycles. The first-order valence-electron chi connectivity index (χ1n) is 3.87. The number of halogens is 1. The van der Waals surface area contributed by atoms with E-state index in [0.29, 0.717) is 0 Å². The Kier molecular flexibility index (Phi) is 3.40. The van der Waals surface area contributed by atoms with Crippen molar-refractivity contribution in [2.75, 3.05) is 0 Å². The fourth-order valence-corrected chi connectivity index (χ4v) is 0.966. The van der Waals surface area contributed by atoms with Gasteiger partial charge in [0.15, 0.2) is 0 Å². The number of hydrogen-bond donors (Lipinski definition) is 2. The van der Waals surface area contributed by atoms with Gasteiger partial charge in [0, 0.05) is 11.6 Å². The third-order valence-electron chi connectivity index (χ3n) is 1.66. The summed E-state index contributed by atoms with van der Waals surface area (Å²) < 4.78 is 13.2. The summed E-state index contributed by atoms with van der Waals surface area (Å²) in [7, 11) is -1.68. The van der Waals surface area contributed by atoms with Gasteiger partial charge in [-0.05, 0) is 17.6 Å². The summed E-state index contributed by atoms with van der Waals surface area (Å²) >= 11 is 0. The summed E-state index contributed by atoms with van der Waals surface area (Å²) in [5, 5.41) is 25.7. The second-order valence-corrected chi connectivity index (χ2v) is 2.62. The highest BCUT2D eigenvalue weighted by molar-refractivity contribution is 6.58. The van der Waals surface area contributed by atoms with Crippen LogP contribution in [0.3, 0.4) is 0 Å². The Hall–Kier alpha value is -1.64. The number of rotatable bonds is 2. The molecule has 0 aliphatic heterocycles. The zero-order chi connectivity index (χ0) is 10.6. The van der Waals surface area contributed by atoms with Gasteiger partial charge in [-0.3, -0.25) is 0 Å². The van der Waals surface area contributed by atoms with Gasteiger partial charge < -0.3 is 10.0 Å². The molecule has 0 unspecified atom stereocenters. The molecule has 0 aliphatic rings. The average molecular weight is 191 g/mol. The first kappa shape index (κ1) is 10.4. The van der Waals surface area contributed by atoms with E-state index in [0.717, 1.165) is 12.1 Å². The molecule has 5 heteroatoms. The van der Waals surface area contributed by atoms with Crippen molar-refractivity contribution in [3.63, 3.8) is 0 Å². The van der Waals surface area contributed by atoms with Crippen LogP contribution in [-0.2, 0) is 0 Å². The number of nitrogens with zero attached hydrogens (tertiary/aromatic N) is 1. The molecule has 0 spiro atoms. The molecule has 2 N–H and O–H groups in total. The maximum absolute atomic E-state index is 13.2. The molecule has 1 aromatic rings. The Balaban J connectivity index is 3.03. The van der Waals surface area contributed by atoms with Crippen molar-refractivity contribution >= 4 is 18.7 Å². The van der Waals surface area contributed by atoms with Gasteiger partial charge >= 0.3 is 7.12 Å². The highest BCUT2D eigenvalue weighted by Gasteiger charge is 2.12. The lowest BCUT2D eigenvalue weighted by Crippen LogP contribution is -2.30. The minimum Gasteiger partial charge on any atom is -0.423 e. The Morgan fingerprint density at radius 2 is 2.14 bits per heavy atom. The lowest BCUT2D eigenvalue weighted by Gasteiger charge is -2.01. The minimum absolute atomic E-state index is 0.0802. The Morgan fingerprint density at radius 1 is 1.43 bits per heavy atom. The molecule has 14 heavy (non-hydrogen) atoms. The van der Waals surface area contributed by atoms with Crippen molar-refractivity contribution in [3.05, 3.63) is 35.7 Å². The minimum atomic E-state index is -1.68. The van der Waals surface area contributed by atoms with Gasteiger partial charge in [0.1, 0.15) is 5.82 Å². The van der Waals surface area contributed by atoms with E-state index in [1.165, 1.54) is 18.2 Å². The Morgan fingerprint density at radius 3 is 2.64 bits per heavy atom. The second-order valence-electron chi connectivity index (χ2n) is 2.62. The molecule has 0 aromatic heterocycles. The van der Waals surface area contributed by atoms with E-state index in [9.17, 15) is 4.39 Å². The van der Waals surface area contributed by atoms with Crippen molar-refractivity contribution in [2.24, 2.45) is 0 Å². The van der Waals surface area contributed by atoms with E-state index in [1.54, 1.807) is 6.07 Å². The predicted octanol–water partition coefficient (Wildman–Crippen LogP) is 0.0423. The quantitative estimate of drug-likeness (QED) is 0.512. The van der Waals surface area contributed by atoms with Gasteiger partial charge in [0.05, 0.1) is 6.07 Å². The molecule has 0 saturated carbocycles. The molecule has 0 aliphatic carbocycles. The number of allylic oxidation sites excluding steroid dienone is 1. The third-order valence-corrected chi connectivity index (χ3v) is 1.66. The van der Waals surface area contributed by atoms with Gasteiger partial charge in [-0.25, -0.2) is 4.39 Å².